The Kier molecular flexibility index (Phi) is 4.64. The van der Waals surface area contributed by atoms with E-state index in [1.54, 1.807) is 7.11 Å². The van der Waals surface area contributed by atoms with Gasteiger partial charge in [0, 0.05) is 6.54 Å². The van der Waals surface area contributed by atoms with Crippen molar-refractivity contribution in [1.29, 1.82) is 0 Å². The smallest absolute Gasteiger partial charge is 0.141 e. The topological polar surface area (TPSA) is 47.3 Å². The molecule has 0 spiro atoms. The zero-order valence-electron chi connectivity index (χ0n) is 12.3. The van der Waals surface area contributed by atoms with E-state index in [1.165, 1.54) is 16.7 Å². The van der Waals surface area contributed by atoms with E-state index in [4.69, 9.17) is 10.5 Å². The molecular weight excluding hydrogens is 248 g/mol. The molecule has 0 saturated carbocycles. The number of nitrogens with two attached hydrogens (primary N) is 1. The minimum Gasteiger partial charge on any atom is -0.495 e. The number of methoxy groups -OCH3 is 1. The minimum absolute atomic E-state index is 0.0740. The van der Waals surface area contributed by atoms with Gasteiger partial charge in [0.1, 0.15) is 5.75 Å². The van der Waals surface area contributed by atoms with Crippen LogP contribution in [0.4, 0.5) is 5.69 Å². The van der Waals surface area contributed by atoms with Gasteiger partial charge in [-0.05, 0) is 31.5 Å². The molecule has 2 aromatic rings. The zero-order valence-corrected chi connectivity index (χ0v) is 12.3. The summed E-state index contributed by atoms with van der Waals surface area (Å²) in [4.78, 5) is 0. The monoisotopic (exact) mass is 270 g/mol. The molecule has 1 unspecified atom stereocenters. The van der Waals surface area contributed by atoms with Crippen LogP contribution in [0.5, 0.6) is 5.75 Å². The molecule has 0 aromatic heterocycles. The van der Waals surface area contributed by atoms with E-state index in [0.29, 0.717) is 6.54 Å². The lowest BCUT2D eigenvalue weighted by molar-refractivity contribution is 0.416. The lowest BCUT2D eigenvalue weighted by Crippen LogP contribution is -2.21. The number of para-hydroxylation sites is 2. The summed E-state index contributed by atoms with van der Waals surface area (Å²) >= 11 is 0. The van der Waals surface area contributed by atoms with Crippen molar-refractivity contribution in [2.75, 3.05) is 19.0 Å². The summed E-state index contributed by atoms with van der Waals surface area (Å²) < 4.78 is 5.37. The van der Waals surface area contributed by atoms with E-state index in [2.05, 4.69) is 37.4 Å². The fourth-order valence-corrected chi connectivity index (χ4v) is 2.44. The molecule has 3 nitrogen and oxygen atoms in total. The first-order valence-corrected chi connectivity index (χ1v) is 6.82. The van der Waals surface area contributed by atoms with E-state index in [9.17, 15) is 0 Å². The van der Waals surface area contributed by atoms with Crippen LogP contribution in [0.1, 0.15) is 22.7 Å². The minimum atomic E-state index is 0.0740. The Morgan fingerprint density at radius 1 is 1.10 bits per heavy atom. The Hall–Kier alpha value is -2.00. The molecule has 0 fully saturated rings. The summed E-state index contributed by atoms with van der Waals surface area (Å²) in [5, 5.41) is 3.47. The molecule has 3 N–H and O–H groups in total. The van der Waals surface area contributed by atoms with Crippen molar-refractivity contribution in [3.05, 3.63) is 59.2 Å². The highest BCUT2D eigenvalue weighted by Gasteiger charge is 2.12. The van der Waals surface area contributed by atoms with Crippen LogP contribution in [0.15, 0.2) is 42.5 Å². The molecule has 0 radical (unpaired) electrons. The lowest BCUT2D eigenvalue weighted by Gasteiger charge is -2.21. The molecule has 2 aromatic carbocycles. The third kappa shape index (κ3) is 3.31. The molecule has 20 heavy (non-hydrogen) atoms. The highest BCUT2D eigenvalue weighted by atomic mass is 16.5. The van der Waals surface area contributed by atoms with Gasteiger partial charge in [-0.15, -0.1) is 0 Å². The van der Waals surface area contributed by atoms with Crippen LogP contribution in [-0.2, 0) is 0 Å². The van der Waals surface area contributed by atoms with Gasteiger partial charge in [-0.3, -0.25) is 0 Å². The summed E-state index contributed by atoms with van der Waals surface area (Å²) in [6.45, 7) is 4.74. The predicted molar refractivity (Wildman–Crippen MR) is 84.3 cm³/mol. The number of hydrogen-bond donors (Lipinski definition) is 2. The second-order valence-electron chi connectivity index (χ2n) is 5.05. The van der Waals surface area contributed by atoms with Crippen LogP contribution in [0.2, 0.25) is 0 Å². The molecule has 0 aliphatic rings. The standard InChI is InChI=1S/C17H22N2O/c1-12-8-13(2)10-14(9-12)16(11-18)19-15-6-4-5-7-17(15)20-3/h4-10,16,19H,11,18H2,1-3H3. The third-order valence-corrected chi connectivity index (χ3v) is 3.32. The van der Waals surface area contributed by atoms with Gasteiger partial charge in [0.15, 0.2) is 0 Å². The molecule has 106 valence electrons. The molecule has 0 aliphatic carbocycles. The van der Waals surface area contributed by atoms with E-state index >= 15 is 0 Å². The van der Waals surface area contributed by atoms with Crippen LogP contribution in [0, 0.1) is 13.8 Å². The number of hydrogen-bond acceptors (Lipinski definition) is 3. The average molecular weight is 270 g/mol. The number of ether oxygens (including phenoxy) is 1. The highest BCUT2D eigenvalue weighted by molar-refractivity contribution is 5.57. The number of rotatable bonds is 5. The number of anilines is 1. The van der Waals surface area contributed by atoms with Gasteiger partial charge in [-0.1, -0.05) is 41.5 Å². The van der Waals surface area contributed by atoms with E-state index < -0.39 is 0 Å². The second kappa shape index (κ2) is 6.44. The number of nitrogens with one attached hydrogen (secondary N) is 1. The van der Waals surface area contributed by atoms with Crippen molar-refractivity contribution in [3.63, 3.8) is 0 Å². The zero-order chi connectivity index (χ0) is 14.5. The Bertz CT molecular complexity index is 561. The van der Waals surface area contributed by atoms with Crippen molar-refractivity contribution in [2.24, 2.45) is 5.73 Å². The first-order chi connectivity index (χ1) is 9.63. The summed E-state index contributed by atoms with van der Waals surface area (Å²) in [5.74, 6) is 0.829. The maximum Gasteiger partial charge on any atom is 0.141 e. The molecule has 2 rings (SSSR count). The van der Waals surface area contributed by atoms with Gasteiger partial charge in [-0.2, -0.15) is 0 Å². The summed E-state index contributed by atoms with van der Waals surface area (Å²) in [5.41, 5.74) is 10.6. The van der Waals surface area contributed by atoms with Gasteiger partial charge in [-0.25, -0.2) is 0 Å². The SMILES string of the molecule is COc1ccccc1NC(CN)c1cc(C)cc(C)c1. The van der Waals surface area contributed by atoms with Crippen molar-refractivity contribution in [3.8, 4) is 5.75 Å². The molecule has 0 heterocycles. The van der Waals surface area contributed by atoms with Gasteiger partial charge < -0.3 is 15.8 Å². The molecule has 3 heteroatoms. The average Bonchev–Trinajstić information content (AvgIpc) is 2.44. The van der Waals surface area contributed by atoms with E-state index in [0.717, 1.165) is 11.4 Å². The van der Waals surface area contributed by atoms with E-state index in [-0.39, 0.29) is 6.04 Å². The van der Waals surface area contributed by atoms with Gasteiger partial charge in [0.05, 0.1) is 18.8 Å². The van der Waals surface area contributed by atoms with Gasteiger partial charge in [0.2, 0.25) is 0 Å². The summed E-state index contributed by atoms with van der Waals surface area (Å²) in [6, 6.07) is 14.5. The van der Waals surface area contributed by atoms with Gasteiger partial charge >= 0.3 is 0 Å². The normalized spacial score (nSPS) is 12.0. The van der Waals surface area contributed by atoms with Crippen molar-refractivity contribution in [2.45, 2.75) is 19.9 Å². The lowest BCUT2D eigenvalue weighted by atomic mass is 10.0. The fraction of sp³-hybridized carbons (Fsp3) is 0.294. The number of benzene rings is 2. The molecule has 0 aliphatic heterocycles. The molecule has 0 bridgehead atoms. The molecule has 0 saturated heterocycles. The molecular formula is C17H22N2O. The first-order valence-electron chi connectivity index (χ1n) is 6.82. The fourth-order valence-electron chi connectivity index (χ4n) is 2.44. The predicted octanol–water partition coefficient (Wildman–Crippen LogP) is 3.42. The van der Waals surface area contributed by atoms with Crippen LogP contribution < -0.4 is 15.8 Å². The van der Waals surface area contributed by atoms with Crippen LogP contribution >= 0.6 is 0 Å². The van der Waals surface area contributed by atoms with Crippen molar-refractivity contribution in [1.82, 2.24) is 0 Å². The first kappa shape index (κ1) is 14.4. The van der Waals surface area contributed by atoms with E-state index in [1.807, 2.05) is 24.3 Å². The van der Waals surface area contributed by atoms with Crippen LogP contribution in [-0.4, -0.2) is 13.7 Å². The maximum absolute atomic E-state index is 5.94. The van der Waals surface area contributed by atoms with Crippen molar-refractivity contribution >= 4 is 5.69 Å². The summed E-state index contributed by atoms with van der Waals surface area (Å²) in [7, 11) is 1.68. The van der Waals surface area contributed by atoms with Crippen molar-refractivity contribution < 1.29 is 4.74 Å². The largest absolute Gasteiger partial charge is 0.495 e. The van der Waals surface area contributed by atoms with Gasteiger partial charge in [0.25, 0.3) is 0 Å². The van der Waals surface area contributed by atoms with Crippen LogP contribution in [0.3, 0.4) is 0 Å². The molecule has 1 atom stereocenters. The third-order valence-electron chi connectivity index (χ3n) is 3.32. The van der Waals surface area contributed by atoms with Crippen LogP contribution in [0.25, 0.3) is 0 Å². The Labute approximate surface area is 120 Å². The summed E-state index contributed by atoms with van der Waals surface area (Å²) in [6.07, 6.45) is 0. The Balaban J connectivity index is 2.28. The number of aryl methyl sites for hydroxylation is 2. The Morgan fingerprint density at radius 2 is 1.75 bits per heavy atom. The Morgan fingerprint density at radius 3 is 2.35 bits per heavy atom. The highest BCUT2D eigenvalue weighted by Crippen LogP contribution is 2.28. The second-order valence-corrected chi connectivity index (χ2v) is 5.05. The quantitative estimate of drug-likeness (QED) is 0.875. The molecule has 0 amide bonds. The maximum atomic E-state index is 5.94.